The predicted octanol–water partition coefficient (Wildman–Crippen LogP) is 0.0923. The Morgan fingerprint density at radius 3 is 2.50 bits per heavy atom. The minimum absolute atomic E-state index is 0.135. The van der Waals surface area contributed by atoms with Crippen molar-refractivity contribution in [2.24, 2.45) is 11.3 Å². The van der Waals surface area contributed by atoms with E-state index in [0.717, 1.165) is 0 Å². The number of hydrogen-bond donors (Lipinski definition) is 1. The molecule has 90 valence electrons. The third-order valence-electron chi connectivity index (χ3n) is 3.48. The summed E-state index contributed by atoms with van der Waals surface area (Å²) in [6.07, 6.45) is 3.58. The molecule has 0 bridgehead atoms. The Morgan fingerprint density at radius 2 is 2.12 bits per heavy atom. The van der Waals surface area contributed by atoms with Crippen molar-refractivity contribution < 1.29 is 19.1 Å². The number of carbonyl (C=O) groups excluding carboxylic acids is 2. The van der Waals surface area contributed by atoms with Crippen LogP contribution in [0.15, 0.2) is 0 Å². The van der Waals surface area contributed by atoms with Crippen LogP contribution < -0.4 is 5.32 Å². The van der Waals surface area contributed by atoms with Crippen LogP contribution in [0.4, 0.5) is 0 Å². The van der Waals surface area contributed by atoms with E-state index in [1.165, 1.54) is 26.4 Å². The third kappa shape index (κ3) is 1.80. The highest BCUT2D eigenvalue weighted by molar-refractivity contribution is 6.03. The normalized spacial score (nSPS) is 22.8. The van der Waals surface area contributed by atoms with Gasteiger partial charge < -0.3 is 14.8 Å². The van der Waals surface area contributed by atoms with E-state index in [4.69, 9.17) is 4.74 Å². The molecule has 1 saturated carbocycles. The van der Waals surface area contributed by atoms with Crippen LogP contribution in [-0.4, -0.2) is 38.7 Å². The van der Waals surface area contributed by atoms with Crippen LogP contribution in [0.25, 0.3) is 0 Å². The third-order valence-corrected chi connectivity index (χ3v) is 3.48. The number of methoxy groups -OCH3 is 1. The average Bonchev–Trinajstić information content (AvgIpc) is 2.13. The largest absolute Gasteiger partial charge is 0.468 e. The van der Waals surface area contributed by atoms with E-state index >= 15 is 0 Å². The van der Waals surface area contributed by atoms with Crippen LogP contribution in [0.3, 0.4) is 0 Å². The smallest absolute Gasteiger partial charge is 0.326 e. The van der Waals surface area contributed by atoms with E-state index in [-0.39, 0.29) is 19.1 Å². The summed E-state index contributed by atoms with van der Waals surface area (Å²) in [7, 11) is 1.29. The SMILES string of the molecule is COC(=O)C1(C(=O)NCC2CCC2)COC1. The first-order valence-corrected chi connectivity index (χ1v) is 5.63. The molecule has 16 heavy (non-hydrogen) atoms. The van der Waals surface area contributed by atoms with Gasteiger partial charge in [0.05, 0.1) is 20.3 Å². The highest BCUT2D eigenvalue weighted by atomic mass is 16.5. The van der Waals surface area contributed by atoms with Crippen LogP contribution in [-0.2, 0) is 19.1 Å². The zero-order valence-corrected chi connectivity index (χ0v) is 9.45. The molecule has 5 nitrogen and oxygen atoms in total. The molecule has 1 aliphatic carbocycles. The summed E-state index contributed by atoms with van der Waals surface area (Å²) in [4.78, 5) is 23.4. The van der Waals surface area contributed by atoms with Gasteiger partial charge in [0.15, 0.2) is 5.41 Å². The predicted molar refractivity (Wildman–Crippen MR) is 55.6 cm³/mol. The zero-order valence-electron chi connectivity index (χ0n) is 9.45. The monoisotopic (exact) mass is 227 g/mol. The second-order valence-corrected chi connectivity index (χ2v) is 4.57. The van der Waals surface area contributed by atoms with Crippen molar-refractivity contribution in [3.8, 4) is 0 Å². The van der Waals surface area contributed by atoms with Gasteiger partial charge in [-0.1, -0.05) is 6.42 Å². The van der Waals surface area contributed by atoms with E-state index in [0.29, 0.717) is 12.5 Å². The number of rotatable bonds is 4. The van der Waals surface area contributed by atoms with Crippen LogP contribution in [0, 0.1) is 11.3 Å². The second-order valence-electron chi connectivity index (χ2n) is 4.57. The van der Waals surface area contributed by atoms with Crippen molar-refractivity contribution in [1.29, 1.82) is 0 Å². The lowest BCUT2D eigenvalue weighted by Gasteiger charge is -2.37. The van der Waals surface area contributed by atoms with Crippen LogP contribution >= 0.6 is 0 Å². The molecular formula is C11H17NO4. The minimum atomic E-state index is -1.08. The maximum atomic E-state index is 11.9. The molecule has 2 fully saturated rings. The van der Waals surface area contributed by atoms with Gasteiger partial charge in [-0.05, 0) is 18.8 Å². The molecule has 0 aromatic heterocycles. The van der Waals surface area contributed by atoms with Crippen LogP contribution in [0.5, 0.6) is 0 Å². The van der Waals surface area contributed by atoms with Gasteiger partial charge in [-0.25, -0.2) is 0 Å². The number of amides is 1. The molecule has 2 aliphatic rings. The Morgan fingerprint density at radius 1 is 1.44 bits per heavy atom. The zero-order chi connectivity index (χ0) is 11.6. The van der Waals surface area contributed by atoms with Gasteiger partial charge in [0.1, 0.15) is 0 Å². The van der Waals surface area contributed by atoms with Gasteiger partial charge in [-0.15, -0.1) is 0 Å². The fourth-order valence-electron chi connectivity index (χ4n) is 1.95. The van der Waals surface area contributed by atoms with Gasteiger partial charge in [-0.3, -0.25) is 9.59 Å². The molecule has 0 atom stereocenters. The highest BCUT2D eigenvalue weighted by Gasteiger charge is 2.54. The van der Waals surface area contributed by atoms with E-state index in [1.807, 2.05) is 0 Å². The summed E-state index contributed by atoms with van der Waals surface area (Å²) in [5, 5.41) is 2.82. The maximum Gasteiger partial charge on any atom is 0.326 e. The molecule has 1 aliphatic heterocycles. The maximum absolute atomic E-state index is 11.9. The Labute approximate surface area is 94.5 Å². The molecule has 0 unspecified atom stereocenters. The van der Waals surface area contributed by atoms with Crippen molar-refractivity contribution in [1.82, 2.24) is 5.32 Å². The first-order chi connectivity index (χ1) is 7.69. The van der Waals surface area contributed by atoms with Crippen molar-refractivity contribution in [2.75, 3.05) is 26.9 Å². The molecular weight excluding hydrogens is 210 g/mol. The highest BCUT2D eigenvalue weighted by Crippen LogP contribution is 2.30. The standard InChI is InChI=1S/C11H17NO4/c1-15-10(14)11(6-16-7-11)9(13)12-5-8-3-2-4-8/h8H,2-7H2,1H3,(H,12,13). The van der Waals surface area contributed by atoms with Crippen LogP contribution in [0.2, 0.25) is 0 Å². The van der Waals surface area contributed by atoms with Gasteiger partial charge in [-0.2, -0.15) is 0 Å². The molecule has 1 heterocycles. The minimum Gasteiger partial charge on any atom is -0.468 e. The first kappa shape index (κ1) is 11.4. The fourth-order valence-corrected chi connectivity index (χ4v) is 1.95. The lowest BCUT2D eigenvalue weighted by atomic mass is 9.83. The van der Waals surface area contributed by atoms with E-state index in [9.17, 15) is 9.59 Å². The van der Waals surface area contributed by atoms with Gasteiger partial charge in [0, 0.05) is 6.54 Å². The molecule has 1 saturated heterocycles. The lowest BCUT2D eigenvalue weighted by molar-refractivity contribution is -0.188. The summed E-state index contributed by atoms with van der Waals surface area (Å²) in [6.45, 7) is 0.934. The fraction of sp³-hybridized carbons (Fsp3) is 0.818. The average molecular weight is 227 g/mol. The van der Waals surface area contributed by atoms with E-state index < -0.39 is 11.4 Å². The summed E-state index contributed by atoms with van der Waals surface area (Å²) in [5.41, 5.74) is -1.08. The van der Waals surface area contributed by atoms with E-state index in [1.54, 1.807) is 0 Å². The molecule has 2 rings (SSSR count). The van der Waals surface area contributed by atoms with Crippen molar-refractivity contribution >= 4 is 11.9 Å². The quantitative estimate of drug-likeness (QED) is 0.546. The van der Waals surface area contributed by atoms with Crippen molar-refractivity contribution in [2.45, 2.75) is 19.3 Å². The Balaban J connectivity index is 1.87. The van der Waals surface area contributed by atoms with Gasteiger partial charge in [0.25, 0.3) is 0 Å². The number of nitrogens with one attached hydrogen (secondary N) is 1. The molecule has 5 heteroatoms. The van der Waals surface area contributed by atoms with Crippen molar-refractivity contribution in [3.63, 3.8) is 0 Å². The number of ether oxygens (including phenoxy) is 2. The molecule has 0 spiro atoms. The first-order valence-electron chi connectivity index (χ1n) is 5.63. The molecule has 1 N–H and O–H groups in total. The van der Waals surface area contributed by atoms with E-state index in [2.05, 4.69) is 10.1 Å². The Kier molecular flexibility index (Phi) is 3.14. The number of carbonyl (C=O) groups is 2. The summed E-state index contributed by atoms with van der Waals surface area (Å²) < 4.78 is 9.61. The number of esters is 1. The summed E-state index contributed by atoms with van der Waals surface area (Å²) >= 11 is 0. The molecule has 0 aromatic carbocycles. The number of hydrogen-bond acceptors (Lipinski definition) is 4. The lowest BCUT2D eigenvalue weighted by Crippen LogP contribution is -2.59. The Bertz CT molecular complexity index is 294. The molecule has 1 amide bonds. The Hall–Kier alpha value is -1.10. The summed E-state index contributed by atoms with van der Waals surface area (Å²) in [5.74, 6) is -0.165. The van der Waals surface area contributed by atoms with Crippen molar-refractivity contribution in [3.05, 3.63) is 0 Å². The summed E-state index contributed by atoms with van der Waals surface area (Å²) in [6, 6.07) is 0. The van der Waals surface area contributed by atoms with Gasteiger partial charge >= 0.3 is 5.97 Å². The second kappa shape index (κ2) is 4.41. The van der Waals surface area contributed by atoms with Gasteiger partial charge in [0.2, 0.25) is 5.91 Å². The molecule has 0 aromatic rings. The van der Waals surface area contributed by atoms with Crippen LogP contribution in [0.1, 0.15) is 19.3 Å². The molecule has 0 radical (unpaired) electrons. The topological polar surface area (TPSA) is 64.6 Å².